The zero-order valence-corrected chi connectivity index (χ0v) is 12.8. The second kappa shape index (κ2) is 13.4. The molecule has 0 heterocycles. The number of hydrogen-bond donors (Lipinski definition) is 2. The Balaban J connectivity index is -0.000000308. The van der Waals surface area contributed by atoms with Crippen LogP contribution in [0, 0.1) is 23.7 Å². The molecule has 0 aromatic carbocycles. The van der Waals surface area contributed by atoms with Crippen molar-refractivity contribution in [2.24, 2.45) is 29.4 Å². The fourth-order valence-corrected chi connectivity index (χ4v) is 3.05. The second-order valence-electron chi connectivity index (χ2n) is 6.65. The molecule has 1 amide bonds. The number of carbonyl (C=O) groups is 2. The lowest BCUT2D eigenvalue weighted by atomic mass is 9.83. The van der Waals surface area contributed by atoms with Crippen LogP contribution in [0.3, 0.4) is 0 Å². The maximum absolute atomic E-state index is 10.7. The normalized spacial score (nSPS) is 29.3. The standard InChI is InChI=1S/C8H15NO.C8H14O2.3CH4/c2*1-6-2-4-7(5-3-6)8(9)10;;;/h6-7H,2-5H2,1H3,(H2,9,10);6-7H,2-5H2,1H3,(H,9,10);3*1H4. The first kappa shape index (κ1) is 26.8. The lowest BCUT2D eigenvalue weighted by Crippen LogP contribution is -2.26. The summed E-state index contributed by atoms with van der Waals surface area (Å²) in [4.78, 5) is 21.1. The minimum Gasteiger partial charge on any atom is -0.481 e. The highest BCUT2D eigenvalue weighted by Crippen LogP contribution is 2.28. The van der Waals surface area contributed by atoms with Gasteiger partial charge in [-0.15, -0.1) is 0 Å². The molecule has 0 aliphatic heterocycles. The van der Waals surface area contributed by atoms with Gasteiger partial charge in [0, 0.05) is 5.92 Å². The van der Waals surface area contributed by atoms with E-state index in [1.807, 2.05) is 0 Å². The predicted octanol–water partition coefficient (Wildman–Crippen LogP) is 5.10. The molecule has 0 spiro atoms. The highest BCUT2D eigenvalue weighted by molar-refractivity contribution is 5.76. The van der Waals surface area contributed by atoms with Crippen LogP contribution >= 0.6 is 0 Å². The van der Waals surface area contributed by atoms with E-state index in [0.717, 1.165) is 50.4 Å². The topological polar surface area (TPSA) is 80.4 Å². The highest BCUT2D eigenvalue weighted by Gasteiger charge is 2.23. The predicted molar refractivity (Wildman–Crippen MR) is 99.3 cm³/mol. The Labute approximate surface area is 144 Å². The second-order valence-corrected chi connectivity index (χ2v) is 6.65. The van der Waals surface area contributed by atoms with Crippen LogP contribution in [-0.4, -0.2) is 17.0 Å². The van der Waals surface area contributed by atoms with Crippen molar-refractivity contribution in [1.29, 1.82) is 0 Å². The van der Waals surface area contributed by atoms with Gasteiger partial charge in [0.15, 0.2) is 0 Å². The number of primary amides is 1. The molecule has 0 aromatic rings. The molecule has 2 aliphatic rings. The lowest BCUT2D eigenvalue weighted by molar-refractivity contribution is -0.143. The van der Waals surface area contributed by atoms with Gasteiger partial charge in [-0.1, -0.05) is 36.1 Å². The number of amides is 1. The van der Waals surface area contributed by atoms with Crippen LogP contribution in [0.5, 0.6) is 0 Å². The van der Waals surface area contributed by atoms with E-state index in [2.05, 4.69) is 13.8 Å². The average molecular weight is 332 g/mol. The summed E-state index contributed by atoms with van der Waals surface area (Å²) in [6, 6.07) is 0. The zero-order chi connectivity index (χ0) is 15.1. The molecule has 2 aliphatic carbocycles. The summed E-state index contributed by atoms with van der Waals surface area (Å²) in [6.45, 7) is 4.43. The zero-order valence-electron chi connectivity index (χ0n) is 12.8. The fourth-order valence-electron chi connectivity index (χ4n) is 3.05. The van der Waals surface area contributed by atoms with E-state index in [1.165, 1.54) is 12.8 Å². The van der Waals surface area contributed by atoms with Gasteiger partial charge in [0.1, 0.15) is 0 Å². The Bertz CT molecular complexity index is 283. The monoisotopic (exact) mass is 331 g/mol. The molecular formula is C19H41NO3. The summed E-state index contributed by atoms with van der Waals surface area (Å²) in [7, 11) is 0. The molecule has 0 atom stereocenters. The summed E-state index contributed by atoms with van der Waals surface area (Å²) < 4.78 is 0. The van der Waals surface area contributed by atoms with Crippen molar-refractivity contribution in [3.63, 3.8) is 0 Å². The van der Waals surface area contributed by atoms with Gasteiger partial charge < -0.3 is 10.8 Å². The molecule has 2 rings (SSSR count). The Morgan fingerprint density at radius 3 is 1.30 bits per heavy atom. The van der Waals surface area contributed by atoms with Crippen molar-refractivity contribution in [3.8, 4) is 0 Å². The van der Waals surface area contributed by atoms with Gasteiger partial charge in [-0.3, -0.25) is 9.59 Å². The third-order valence-electron chi connectivity index (χ3n) is 4.78. The van der Waals surface area contributed by atoms with Crippen molar-refractivity contribution in [1.82, 2.24) is 0 Å². The van der Waals surface area contributed by atoms with E-state index in [9.17, 15) is 9.59 Å². The first-order valence-corrected chi connectivity index (χ1v) is 7.92. The third kappa shape index (κ3) is 10.4. The number of carboxylic acid groups (broad SMARTS) is 1. The molecule has 0 bridgehead atoms. The van der Waals surface area contributed by atoms with Crippen LogP contribution in [0.1, 0.15) is 87.5 Å². The molecule has 140 valence electrons. The van der Waals surface area contributed by atoms with Crippen LogP contribution in [-0.2, 0) is 9.59 Å². The van der Waals surface area contributed by atoms with E-state index < -0.39 is 5.97 Å². The number of rotatable bonds is 2. The molecule has 4 heteroatoms. The van der Waals surface area contributed by atoms with Gasteiger partial charge in [-0.2, -0.15) is 0 Å². The van der Waals surface area contributed by atoms with Crippen LogP contribution < -0.4 is 5.73 Å². The SMILES string of the molecule is C.C.C.CC1CCC(C(=O)O)CC1.CC1CCC(C(N)=O)CC1. The summed E-state index contributed by atoms with van der Waals surface area (Å²) >= 11 is 0. The smallest absolute Gasteiger partial charge is 0.306 e. The first-order chi connectivity index (χ1) is 9.40. The van der Waals surface area contributed by atoms with Crippen molar-refractivity contribution >= 4 is 11.9 Å². The third-order valence-corrected chi connectivity index (χ3v) is 4.78. The molecule has 0 saturated heterocycles. The van der Waals surface area contributed by atoms with Crippen molar-refractivity contribution in [3.05, 3.63) is 0 Å². The number of aliphatic carboxylic acids is 1. The van der Waals surface area contributed by atoms with Crippen molar-refractivity contribution in [2.45, 2.75) is 87.5 Å². The minimum absolute atomic E-state index is 0. The summed E-state index contributed by atoms with van der Waals surface area (Å²) in [6.07, 6.45) is 8.33. The molecule has 0 radical (unpaired) electrons. The number of carboxylic acids is 1. The van der Waals surface area contributed by atoms with Crippen LogP contribution in [0.25, 0.3) is 0 Å². The van der Waals surface area contributed by atoms with E-state index in [4.69, 9.17) is 10.8 Å². The van der Waals surface area contributed by atoms with Crippen LogP contribution in [0.2, 0.25) is 0 Å². The summed E-state index contributed by atoms with van der Waals surface area (Å²) in [5.74, 6) is 0.970. The largest absolute Gasteiger partial charge is 0.481 e. The van der Waals surface area contributed by atoms with Crippen molar-refractivity contribution in [2.75, 3.05) is 0 Å². The average Bonchev–Trinajstić information content (AvgIpc) is 2.40. The Morgan fingerprint density at radius 2 is 1.04 bits per heavy atom. The lowest BCUT2D eigenvalue weighted by Gasteiger charge is -2.23. The molecule has 0 aromatic heterocycles. The molecule has 2 fully saturated rings. The van der Waals surface area contributed by atoms with E-state index in [1.54, 1.807) is 0 Å². The Kier molecular flexibility index (Phi) is 15.6. The van der Waals surface area contributed by atoms with Gasteiger partial charge in [0.25, 0.3) is 0 Å². The Morgan fingerprint density at radius 1 is 0.739 bits per heavy atom. The van der Waals surface area contributed by atoms with E-state index in [0.29, 0.717) is 0 Å². The molecule has 2 saturated carbocycles. The number of carbonyl (C=O) groups excluding carboxylic acids is 1. The summed E-state index contributed by atoms with van der Waals surface area (Å²) in [5, 5.41) is 8.62. The van der Waals surface area contributed by atoms with Crippen LogP contribution in [0.15, 0.2) is 0 Å². The maximum Gasteiger partial charge on any atom is 0.306 e. The minimum atomic E-state index is -0.605. The molecule has 0 unspecified atom stereocenters. The van der Waals surface area contributed by atoms with Crippen molar-refractivity contribution < 1.29 is 14.7 Å². The molecular weight excluding hydrogens is 290 g/mol. The quantitative estimate of drug-likeness (QED) is 0.738. The Hall–Kier alpha value is -1.06. The highest BCUT2D eigenvalue weighted by atomic mass is 16.4. The number of hydrogen-bond acceptors (Lipinski definition) is 2. The van der Waals surface area contributed by atoms with E-state index in [-0.39, 0.29) is 40.0 Å². The molecule has 4 nitrogen and oxygen atoms in total. The molecule has 3 N–H and O–H groups in total. The fraction of sp³-hybridized carbons (Fsp3) is 0.895. The summed E-state index contributed by atoms with van der Waals surface area (Å²) in [5.41, 5.74) is 5.17. The van der Waals surface area contributed by atoms with Crippen LogP contribution in [0.4, 0.5) is 0 Å². The number of nitrogens with two attached hydrogens (primary N) is 1. The van der Waals surface area contributed by atoms with Gasteiger partial charge in [-0.05, 0) is 63.2 Å². The van der Waals surface area contributed by atoms with Gasteiger partial charge >= 0.3 is 5.97 Å². The molecule has 23 heavy (non-hydrogen) atoms. The van der Waals surface area contributed by atoms with Gasteiger partial charge in [0.05, 0.1) is 5.92 Å². The van der Waals surface area contributed by atoms with Gasteiger partial charge in [-0.25, -0.2) is 0 Å². The van der Waals surface area contributed by atoms with E-state index >= 15 is 0 Å². The van der Waals surface area contributed by atoms with Gasteiger partial charge in [0.2, 0.25) is 5.91 Å². The maximum atomic E-state index is 10.7. The first-order valence-electron chi connectivity index (χ1n) is 7.92.